The maximum atomic E-state index is 8.99. The van der Waals surface area contributed by atoms with Crippen molar-refractivity contribution in [2.45, 2.75) is 0 Å². The van der Waals surface area contributed by atoms with Crippen LogP contribution < -0.4 is 5.73 Å². The first-order chi connectivity index (χ1) is 8.06. The minimum Gasteiger partial charge on any atom is -0.381 e. The molecule has 86 valence electrons. The molecule has 0 bridgehead atoms. The standard InChI is InChI=1S/C10H5BrCl2N4/c11-7-6(12)2-1-4(8(7)13)9-5(3-14)10(15)17-16-9/h1-2H,(H3,15,16,17). The number of aromatic amines is 1. The van der Waals surface area contributed by atoms with Crippen LogP contribution in [0.25, 0.3) is 11.3 Å². The molecule has 1 aromatic heterocycles. The Morgan fingerprint density at radius 1 is 1.41 bits per heavy atom. The Kier molecular flexibility index (Phi) is 3.29. The van der Waals surface area contributed by atoms with Crippen molar-refractivity contribution in [2.75, 3.05) is 5.73 Å². The van der Waals surface area contributed by atoms with Crippen LogP contribution in [0, 0.1) is 11.3 Å². The number of rotatable bonds is 1. The van der Waals surface area contributed by atoms with Gasteiger partial charge in [0.25, 0.3) is 0 Å². The SMILES string of the molecule is N#Cc1c(N)n[nH]c1-c1ccc(Cl)c(Br)c1Cl. The number of nitriles is 1. The van der Waals surface area contributed by atoms with Gasteiger partial charge in [-0.3, -0.25) is 5.10 Å². The lowest BCUT2D eigenvalue weighted by molar-refractivity contribution is 1.10. The van der Waals surface area contributed by atoms with Crippen LogP contribution in [0.1, 0.15) is 5.56 Å². The van der Waals surface area contributed by atoms with Gasteiger partial charge in [-0.1, -0.05) is 23.2 Å². The van der Waals surface area contributed by atoms with E-state index in [4.69, 9.17) is 34.2 Å². The summed E-state index contributed by atoms with van der Waals surface area (Å²) in [6, 6.07) is 5.35. The lowest BCUT2D eigenvalue weighted by Crippen LogP contribution is -1.88. The van der Waals surface area contributed by atoms with E-state index >= 15 is 0 Å². The first-order valence-corrected chi connectivity index (χ1v) is 5.99. The molecule has 0 saturated heterocycles. The second-order valence-corrected chi connectivity index (χ2v) is 4.77. The van der Waals surface area contributed by atoms with Gasteiger partial charge in [-0.05, 0) is 28.1 Å². The van der Waals surface area contributed by atoms with Gasteiger partial charge in [0.15, 0.2) is 5.82 Å². The Bertz CT molecular complexity index is 630. The van der Waals surface area contributed by atoms with Crippen LogP contribution in [0.15, 0.2) is 16.6 Å². The predicted octanol–water partition coefficient (Wildman–Crippen LogP) is 3.60. The number of nitrogens with zero attached hydrogens (tertiary/aromatic N) is 2. The molecule has 2 aromatic rings. The number of H-pyrrole nitrogens is 1. The van der Waals surface area contributed by atoms with Gasteiger partial charge in [-0.15, -0.1) is 0 Å². The number of anilines is 1. The van der Waals surface area contributed by atoms with Crippen LogP contribution in [0.4, 0.5) is 5.82 Å². The number of hydrogen-bond donors (Lipinski definition) is 2. The third kappa shape index (κ3) is 2.00. The number of nitrogen functional groups attached to an aromatic ring is 1. The maximum absolute atomic E-state index is 8.99. The third-order valence-corrected chi connectivity index (χ3v) is 4.20. The quantitative estimate of drug-likeness (QED) is 0.783. The number of nitrogens with two attached hydrogens (primary N) is 1. The summed E-state index contributed by atoms with van der Waals surface area (Å²) in [5, 5.41) is 16.3. The van der Waals surface area contributed by atoms with E-state index < -0.39 is 0 Å². The average molecular weight is 332 g/mol. The molecule has 1 aromatic carbocycles. The van der Waals surface area contributed by atoms with E-state index in [0.29, 0.717) is 25.8 Å². The topological polar surface area (TPSA) is 78.5 Å². The highest BCUT2D eigenvalue weighted by molar-refractivity contribution is 9.10. The Labute approximate surface area is 115 Å². The van der Waals surface area contributed by atoms with Gasteiger partial charge in [-0.2, -0.15) is 10.4 Å². The van der Waals surface area contributed by atoms with Crippen LogP contribution in [0.3, 0.4) is 0 Å². The molecule has 1 heterocycles. The highest BCUT2D eigenvalue weighted by Crippen LogP contribution is 2.39. The minimum atomic E-state index is 0.143. The molecule has 0 fully saturated rings. The van der Waals surface area contributed by atoms with Gasteiger partial charge in [0.2, 0.25) is 0 Å². The van der Waals surface area contributed by atoms with Gasteiger partial charge < -0.3 is 5.73 Å². The van der Waals surface area contributed by atoms with E-state index in [9.17, 15) is 0 Å². The predicted molar refractivity (Wildman–Crippen MR) is 70.9 cm³/mol. The van der Waals surface area contributed by atoms with E-state index in [0.717, 1.165) is 0 Å². The molecule has 0 atom stereocenters. The second kappa shape index (κ2) is 4.57. The molecule has 0 spiro atoms. The van der Waals surface area contributed by atoms with Crippen molar-refractivity contribution in [1.82, 2.24) is 10.2 Å². The highest BCUT2D eigenvalue weighted by Gasteiger charge is 2.17. The van der Waals surface area contributed by atoms with Gasteiger partial charge in [0, 0.05) is 5.56 Å². The summed E-state index contributed by atoms with van der Waals surface area (Å²) in [5.74, 6) is 0.143. The Hall–Kier alpha value is -1.22. The van der Waals surface area contributed by atoms with Gasteiger partial charge in [0.1, 0.15) is 11.6 Å². The maximum Gasteiger partial charge on any atom is 0.163 e. The molecule has 0 unspecified atom stereocenters. The molecule has 7 heteroatoms. The molecule has 3 N–H and O–H groups in total. The molecule has 0 aliphatic rings. The normalized spacial score (nSPS) is 10.2. The van der Waals surface area contributed by atoms with Gasteiger partial charge >= 0.3 is 0 Å². The fraction of sp³-hybridized carbons (Fsp3) is 0. The van der Waals surface area contributed by atoms with E-state index in [1.54, 1.807) is 12.1 Å². The van der Waals surface area contributed by atoms with Gasteiger partial charge in [-0.25, -0.2) is 0 Å². The van der Waals surface area contributed by atoms with Crippen molar-refractivity contribution < 1.29 is 0 Å². The zero-order chi connectivity index (χ0) is 12.6. The van der Waals surface area contributed by atoms with E-state index in [1.807, 2.05) is 6.07 Å². The lowest BCUT2D eigenvalue weighted by atomic mass is 10.1. The van der Waals surface area contributed by atoms with Crippen LogP contribution >= 0.6 is 39.1 Å². The fourth-order valence-electron chi connectivity index (χ4n) is 1.38. The number of nitrogens with one attached hydrogen (secondary N) is 1. The molecule has 0 amide bonds. The summed E-state index contributed by atoms with van der Waals surface area (Å²) in [6.07, 6.45) is 0. The van der Waals surface area contributed by atoms with Crippen molar-refractivity contribution in [1.29, 1.82) is 5.26 Å². The van der Waals surface area contributed by atoms with Gasteiger partial charge in [0.05, 0.1) is 20.2 Å². The summed E-state index contributed by atoms with van der Waals surface area (Å²) >= 11 is 15.3. The molecule has 0 radical (unpaired) electrons. The van der Waals surface area contributed by atoms with Crippen LogP contribution in [-0.4, -0.2) is 10.2 Å². The van der Waals surface area contributed by atoms with Crippen molar-refractivity contribution in [3.63, 3.8) is 0 Å². The third-order valence-electron chi connectivity index (χ3n) is 2.21. The van der Waals surface area contributed by atoms with Crippen LogP contribution in [0.2, 0.25) is 10.0 Å². The smallest absolute Gasteiger partial charge is 0.163 e. The fourth-order valence-corrected chi connectivity index (χ4v) is 2.19. The average Bonchev–Trinajstić information content (AvgIpc) is 2.67. The summed E-state index contributed by atoms with van der Waals surface area (Å²) in [6.45, 7) is 0. The summed E-state index contributed by atoms with van der Waals surface area (Å²) < 4.78 is 0.565. The first kappa shape index (κ1) is 12.2. The lowest BCUT2D eigenvalue weighted by Gasteiger charge is -2.05. The van der Waals surface area contributed by atoms with Crippen LogP contribution in [-0.2, 0) is 0 Å². The Balaban J connectivity index is 2.70. The second-order valence-electron chi connectivity index (χ2n) is 3.19. The number of hydrogen-bond acceptors (Lipinski definition) is 3. The number of benzene rings is 1. The van der Waals surface area contributed by atoms with E-state index in [-0.39, 0.29) is 11.4 Å². The van der Waals surface area contributed by atoms with Crippen molar-refractivity contribution in [3.8, 4) is 17.3 Å². The summed E-state index contributed by atoms with van der Waals surface area (Å²) in [4.78, 5) is 0. The molecule has 2 rings (SSSR count). The first-order valence-electron chi connectivity index (χ1n) is 4.44. The zero-order valence-electron chi connectivity index (χ0n) is 8.26. The molecule has 4 nitrogen and oxygen atoms in total. The number of halogens is 3. The Morgan fingerprint density at radius 3 is 2.76 bits per heavy atom. The van der Waals surface area contributed by atoms with Crippen molar-refractivity contribution in [3.05, 3.63) is 32.2 Å². The molecule has 0 saturated carbocycles. The Morgan fingerprint density at radius 2 is 2.12 bits per heavy atom. The monoisotopic (exact) mass is 330 g/mol. The molecule has 0 aliphatic heterocycles. The zero-order valence-corrected chi connectivity index (χ0v) is 11.4. The van der Waals surface area contributed by atoms with Crippen molar-refractivity contribution >= 4 is 44.9 Å². The summed E-state index contributed by atoms with van der Waals surface area (Å²) in [7, 11) is 0. The highest BCUT2D eigenvalue weighted by atomic mass is 79.9. The molecule has 0 aliphatic carbocycles. The molecular weight excluding hydrogens is 327 g/mol. The van der Waals surface area contributed by atoms with Crippen molar-refractivity contribution in [2.24, 2.45) is 0 Å². The minimum absolute atomic E-state index is 0.143. The largest absolute Gasteiger partial charge is 0.381 e. The summed E-state index contributed by atoms with van der Waals surface area (Å²) in [5.41, 5.74) is 6.92. The molecular formula is C10H5BrCl2N4. The van der Waals surface area contributed by atoms with E-state index in [2.05, 4.69) is 26.1 Å². The van der Waals surface area contributed by atoms with E-state index in [1.165, 1.54) is 0 Å². The molecule has 17 heavy (non-hydrogen) atoms. The van der Waals surface area contributed by atoms with Crippen LogP contribution in [0.5, 0.6) is 0 Å². The number of aromatic nitrogens is 2.